The summed E-state index contributed by atoms with van der Waals surface area (Å²) in [6.07, 6.45) is 0. The Hall–Kier alpha value is -2.64. The predicted molar refractivity (Wildman–Crippen MR) is 67.5 cm³/mol. The van der Waals surface area contributed by atoms with Crippen LogP contribution in [0.5, 0.6) is 5.75 Å². The summed E-state index contributed by atoms with van der Waals surface area (Å²) in [5, 5.41) is 16.1. The summed E-state index contributed by atoms with van der Waals surface area (Å²) in [7, 11) is 1.49. The molecule has 0 fully saturated rings. The van der Waals surface area contributed by atoms with Crippen molar-refractivity contribution in [3.05, 3.63) is 29.6 Å². The first-order chi connectivity index (χ1) is 9.11. The number of carbonyl (C=O) groups excluding carboxylic acids is 1. The fourth-order valence-corrected chi connectivity index (χ4v) is 1.59. The molecule has 4 N–H and O–H groups in total. The number of aromatic amines is 1. The zero-order chi connectivity index (χ0) is 13.8. The van der Waals surface area contributed by atoms with Crippen LogP contribution in [0.25, 0.3) is 0 Å². The highest BCUT2D eigenvalue weighted by atomic mass is 16.5. The van der Waals surface area contributed by atoms with E-state index >= 15 is 0 Å². The normalized spacial score (nSPS) is 11.9. The maximum Gasteiger partial charge on any atom is 0.255 e. The molecule has 0 aliphatic rings. The number of nitrogens with one attached hydrogen (secondary N) is 2. The number of nitrogen functional groups attached to an aromatic ring is 1. The van der Waals surface area contributed by atoms with Crippen molar-refractivity contribution in [2.45, 2.75) is 13.0 Å². The van der Waals surface area contributed by atoms with E-state index in [0.717, 1.165) is 0 Å². The van der Waals surface area contributed by atoms with Crippen molar-refractivity contribution in [1.29, 1.82) is 0 Å². The first-order valence-corrected chi connectivity index (χ1v) is 5.59. The Bertz CT molecular complexity index is 569. The van der Waals surface area contributed by atoms with E-state index in [4.69, 9.17) is 10.5 Å². The van der Waals surface area contributed by atoms with Crippen LogP contribution in [0.1, 0.15) is 29.1 Å². The van der Waals surface area contributed by atoms with E-state index < -0.39 is 0 Å². The molecule has 1 aromatic heterocycles. The molecule has 2 aromatic rings. The summed E-state index contributed by atoms with van der Waals surface area (Å²) in [6.45, 7) is 1.75. The van der Waals surface area contributed by atoms with Gasteiger partial charge in [0.25, 0.3) is 5.91 Å². The van der Waals surface area contributed by atoms with Crippen molar-refractivity contribution in [1.82, 2.24) is 25.9 Å². The number of nitrogens with two attached hydrogens (primary N) is 1. The predicted octanol–water partition coefficient (Wildman–Crippen LogP) is 0.281. The minimum atomic E-state index is -0.377. The van der Waals surface area contributed by atoms with E-state index in [2.05, 4.69) is 25.9 Å². The molecule has 1 unspecified atom stereocenters. The maximum absolute atomic E-state index is 12.1. The number of hydrogen-bond donors (Lipinski definition) is 3. The molecule has 0 aliphatic carbocycles. The summed E-state index contributed by atoms with van der Waals surface area (Å²) < 4.78 is 5.13. The van der Waals surface area contributed by atoms with Crippen molar-refractivity contribution >= 4 is 11.6 Å². The van der Waals surface area contributed by atoms with Crippen LogP contribution < -0.4 is 15.8 Å². The fourth-order valence-electron chi connectivity index (χ4n) is 1.59. The molecule has 100 valence electrons. The number of nitrogens with zero attached hydrogens (tertiary/aromatic N) is 3. The SMILES string of the molecule is COc1ccc(N)cc1C(=O)NC(C)c1nn[nH]n1. The molecule has 2 rings (SSSR count). The van der Waals surface area contributed by atoms with Crippen LogP contribution in [0.15, 0.2) is 18.2 Å². The summed E-state index contributed by atoms with van der Waals surface area (Å²) in [4.78, 5) is 12.1. The second kappa shape index (κ2) is 5.34. The number of rotatable bonds is 4. The Morgan fingerprint density at radius 2 is 2.32 bits per heavy atom. The molecule has 1 amide bonds. The highest BCUT2D eigenvalue weighted by Gasteiger charge is 2.18. The van der Waals surface area contributed by atoms with Crippen LogP contribution >= 0.6 is 0 Å². The fraction of sp³-hybridized carbons (Fsp3) is 0.273. The molecule has 0 aliphatic heterocycles. The standard InChI is InChI=1S/C11H14N6O2/c1-6(10-14-16-17-15-10)13-11(18)8-5-7(12)3-4-9(8)19-2/h3-6H,12H2,1-2H3,(H,13,18)(H,14,15,16,17). The van der Waals surface area contributed by atoms with E-state index in [1.165, 1.54) is 7.11 Å². The van der Waals surface area contributed by atoms with E-state index in [1.54, 1.807) is 25.1 Å². The van der Waals surface area contributed by atoms with Gasteiger partial charge in [-0.2, -0.15) is 5.21 Å². The second-order valence-electron chi connectivity index (χ2n) is 3.92. The first-order valence-electron chi connectivity index (χ1n) is 5.59. The van der Waals surface area contributed by atoms with E-state index in [1.807, 2.05) is 0 Å². The van der Waals surface area contributed by atoms with E-state index in [9.17, 15) is 4.79 Å². The van der Waals surface area contributed by atoms with Gasteiger partial charge in [-0.25, -0.2) is 0 Å². The van der Waals surface area contributed by atoms with Crippen LogP contribution in [0.2, 0.25) is 0 Å². The van der Waals surface area contributed by atoms with E-state index in [-0.39, 0.29) is 11.9 Å². The van der Waals surface area contributed by atoms with Gasteiger partial charge in [-0.15, -0.1) is 10.2 Å². The van der Waals surface area contributed by atoms with Crippen LogP contribution in [0, 0.1) is 0 Å². The number of tetrazole rings is 1. The zero-order valence-electron chi connectivity index (χ0n) is 10.5. The molecule has 0 saturated carbocycles. The minimum absolute atomic E-state index is 0.318. The minimum Gasteiger partial charge on any atom is -0.496 e. The topological polar surface area (TPSA) is 119 Å². The van der Waals surface area contributed by atoms with Gasteiger partial charge in [0, 0.05) is 5.69 Å². The lowest BCUT2D eigenvalue weighted by Gasteiger charge is -2.12. The van der Waals surface area contributed by atoms with Crippen LogP contribution in [-0.2, 0) is 0 Å². The second-order valence-corrected chi connectivity index (χ2v) is 3.92. The number of benzene rings is 1. The highest BCUT2D eigenvalue weighted by Crippen LogP contribution is 2.21. The number of hydrogen-bond acceptors (Lipinski definition) is 6. The molecule has 0 spiro atoms. The van der Waals surface area contributed by atoms with Crippen LogP contribution in [-0.4, -0.2) is 33.6 Å². The number of amides is 1. The average Bonchev–Trinajstić information content (AvgIpc) is 2.92. The number of carbonyl (C=O) groups is 1. The largest absolute Gasteiger partial charge is 0.496 e. The third-order valence-corrected chi connectivity index (χ3v) is 2.56. The molecule has 8 heteroatoms. The van der Waals surface area contributed by atoms with Crippen molar-refractivity contribution in [2.75, 3.05) is 12.8 Å². The molecule has 1 heterocycles. The highest BCUT2D eigenvalue weighted by molar-refractivity contribution is 5.98. The van der Waals surface area contributed by atoms with Gasteiger partial charge in [-0.3, -0.25) is 4.79 Å². The van der Waals surface area contributed by atoms with Gasteiger partial charge in [0.15, 0.2) is 5.82 Å². The third-order valence-electron chi connectivity index (χ3n) is 2.56. The molecule has 1 aromatic carbocycles. The molecular weight excluding hydrogens is 248 g/mol. The summed E-state index contributed by atoms with van der Waals surface area (Å²) in [5.74, 6) is 0.532. The number of H-pyrrole nitrogens is 1. The molecule has 19 heavy (non-hydrogen) atoms. The average molecular weight is 262 g/mol. The lowest BCUT2D eigenvalue weighted by molar-refractivity contribution is 0.0935. The van der Waals surface area contributed by atoms with Gasteiger partial charge < -0.3 is 15.8 Å². The summed E-state index contributed by atoms with van der Waals surface area (Å²) in [6, 6.07) is 4.48. The smallest absolute Gasteiger partial charge is 0.255 e. The van der Waals surface area contributed by atoms with Gasteiger partial charge in [0.1, 0.15) is 5.75 Å². The Balaban J connectivity index is 2.18. The van der Waals surface area contributed by atoms with Crippen molar-refractivity contribution in [3.63, 3.8) is 0 Å². The van der Waals surface area contributed by atoms with Crippen molar-refractivity contribution in [3.8, 4) is 5.75 Å². The molecule has 0 saturated heterocycles. The molecule has 0 radical (unpaired) electrons. The number of ether oxygens (including phenoxy) is 1. The number of methoxy groups -OCH3 is 1. The van der Waals surface area contributed by atoms with Gasteiger partial charge in [-0.1, -0.05) is 5.21 Å². The molecule has 0 bridgehead atoms. The van der Waals surface area contributed by atoms with Crippen LogP contribution in [0.3, 0.4) is 0 Å². The van der Waals surface area contributed by atoms with Crippen molar-refractivity contribution < 1.29 is 9.53 Å². The quantitative estimate of drug-likeness (QED) is 0.681. The Kier molecular flexibility index (Phi) is 3.60. The monoisotopic (exact) mass is 262 g/mol. The van der Waals surface area contributed by atoms with Crippen LogP contribution in [0.4, 0.5) is 5.69 Å². The maximum atomic E-state index is 12.1. The van der Waals surface area contributed by atoms with Crippen molar-refractivity contribution in [2.24, 2.45) is 0 Å². The first kappa shape index (κ1) is 12.8. The number of aromatic nitrogens is 4. The lowest BCUT2D eigenvalue weighted by atomic mass is 10.1. The number of anilines is 1. The van der Waals surface area contributed by atoms with E-state index in [0.29, 0.717) is 22.8 Å². The Labute approximate surface area is 109 Å². The summed E-state index contributed by atoms with van der Waals surface area (Å²) >= 11 is 0. The summed E-state index contributed by atoms with van der Waals surface area (Å²) in [5.41, 5.74) is 6.51. The van der Waals surface area contributed by atoms with Gasteiger partial charge >= 0.3 is 0 Å². The molecular formula is C11H14N6O2. The molecule has 8 nitrogen and oxygen atoms in total. The molecule has 1 atom stereocenters. The Morgan fingerprint density at radius 1 is 1.53 bits per heavy atom. The Morgan fingerprint density at radius 3 is 2.95 bits per heavy atom. The lowest BCUT2D eigenvalue weighted by Crippen LogP contribution is -2.27. The van der Waals surface area contributed by atoms with Gasteiger partial charge in [-0.05, 0) is 25.1 Å². The third kappa shape index (κ3) is 2.79. The van der Waals surface area contributed by atoms with Gasteiger partial charge in [0.05, 0.1) is 18.7 Å². The van der Waals surface area contributed by atoms with Gasteiger partial charge in [0.2, 0.25) is 0 Å². The zero-order valence-corrected chi connectivity index (χ0v) is 10.5.